The molecule has 0 saturated carbocycles. The summed E-state index contributed by atoms with van der Waals surface area (Å²) in [6.07, 6.45) is 1.63. The van der Waals surface area contributed by atoms with E-state index in [1.165, 1.54) is 0 Å². The minimum atomic E-state index is -0.454. The molecule has 0 spiro atoms. The smallest absolute Gasteiger partial charge is 0.332 e. The number of rotatable bonds is 7. The summed E-state index contributed by atoms with van der Waals surface area (Å²) in [6.45, 7) is 6.49. The first-order valence-corrected chi connectivity index (χ1v) is 5.08. The molecule has 5 nitrogen and oxygen atoms in total. The molecule has 0 fully saturated rings. The standard InChI is InChI=1S/C10H20N2O3/c1-10(2,3)15-9(13)8-14-7-5-4-6-12-11/h11H,4-8H2,1-3H3. The van der Waals surface area contributed by atoms with E-state index in [4.69, 9.17) is 15.0 Å². The van der Waals surface area contributed by atoms with Crippen molar-refractivity contribution in [3.63, 3.8) is 0 Å². The van der Waals surface area contributed by atoms with Gasteiger partial charge >= 0.3 is 5.97 Å². The van der Waals surface area contributed by atoms with Crippen LogP contribution in [0.5, 0.6) is 0 Å². The lowest BCUT2D eigenvalue weighted by atomic mass is 10.2. The molecule has 0 radical (unpaired) electrons. The predicted molar refractivity (Wildman–Crippen MR) is 55.9 cm³/mol. The van der Waals surface area contributed by atoms with Crippen LogP contribution in [0.1, 0.15) is 33.6 Å². The van der Waals surface area contributed by atoms with Crippen LogP contribution >= 0.6 is 0 Å². The van der Waals surface area contributed by atoms with Gasteiger partial charge in [0.1, 0.15) is 12.2 Å². The van der Waals surface area contributed by atoms with Gasteiger partial charge in [-0.2, -0.15) is 5.11 Å². The Labute approximate surface area is 90.6 Å². The summed E-state index contributed by atoms with van der Waals surface area (Å²) in [5, 5.41) is 3.22. The van der Waals surface area contributed by atoms with Crippen LogP contribution in [0, 0.1) is 5.53 Å². The molecule has 0 aliphatic carbocycles. The number of carbonyl (C=O) groups is 1. The molecule has 0 rings (SSSR count). The minimum Gasteiger partial charge on any atom is -0.458 e. The molecule has 88 valence electrons. The zero-order valence-corrected chi connectivity index (χ0v) is 9.71. The van der Waals surface area contributed by atoms with Gasteiger partial charge in [-0.15, -0.1) is 0 Å². The van der Waals surface area contributed by atoms with Crippen molar-refractivity contribution in [2.24, 2.45) is 5.11 Å². The molecule has 0 unspecified atom stereocenters. The van der Waals surface area contributed by atoms with Gasteiger partial charge in [-0.1, -0.05) is 0 Å². The summed E-state index contributed by atoms with van der Waals surface area (Å²) in [7, 11) is 0. The highest BCUT2D eigenvalue weighted by molar-refractivity contribution is 5.71. The van der Waals surface area contributed by atoms with Crippen LogP contribution in [-0.4, -0.2) is 31.3 Å². The van der Waals surface area contributed by atoms with Gasteiger partial charge in [-0.3, -0.25) is 0 Å². The monoisotopic (exact) mass is 216 g/mol. The summed E-state index contributed by atoms with van der Waals surface area (Å²) in [5.74, 6) is -0.340. The minimum absolute atomic E-state index is 0.00467. The van der Waals surface area contributed by atoms with Crippen molar-refractivity contribution in [3.05, 3.63) is 0 Å². The average molecular weight is 216 g/mol. The van der Waals surface area contributed by atoms with Crippen molar-refractivity contribution in [1.82, 2.24) is 0 Å². The second kappa shape index (κ2) is 7.34. The van der Waals surface area contributed by atoms with Gasteiger partial charge < -0.3 is 9.47 Å². The molecule has 0 aromatic carbocycles. The van der Waals surface area contributed by atoms with Crippen LogP contribution in [0.25, 0.3) is 0 Å². The van der Waals surface area contributed by atoms with E-state index in [1.807, 2.05) is 20.8 Å². The molecule has 0 amide bonds. The maximum Gasteiger partial charge on any atom is 0.332 e. The van der Waals surface area contributed by atoms with Crippen LogP contribution in [0.2, 0.25) is 0 Å². The highest BCUT2D eigenvalue weighted by atomic mass is 16.6. The first kappa shape index (κ1) is 14.0. The number of unbranched alkanes of at least 4 members (excludes halogenated alkanes) is 1. The van der Waals surface area contributed by atoms with Crippen LogP contribution in [0.3, 0.4) is 0 Å². The summed E-state index contributed by atoms with van der Waals surface area (Å²) in [5.41, 5.74) is 6.11. The predicted octanol–water partition coefficient (Wildman–Crippen LogP) is 2.16. The fourth-order valence-corrected chi connectivity index (χ4v) is 0.921. The zero-order valence-electron chi connectivity index (χ0n) is 9.71. The van der Waals surface area contributed by atoms with E-state index in [-0.39, 0.29) is 12.6 Å². The van der Waals surface area contributed by atoms with Crippen LogP contribution in [0.4, 0.5) is 0 Å². The first-order chi connectivity index (χ1) is 6.95. The molecule has 0 aromatic rings. The zero-order chi connectivity index (χ0) is 11.7. The second-order valence-corrected chi connectivity index (χ2v) is 4.23. The largest absolute Gasteiger partial charge is 0.458 e. The molecular weight excluding hydrogens is 196 g/mol. The van der Waals surface area contributed by atoms with Gasteiger partial charge in [0, 0.05) is 6.61 Å². The topological polar surface area (TPSA) is 71.7 Å². The number of nitrogens with zero attached hydrogens (tertiary/aromatic N) is 1. The third kappa shape index (κ3) is 11.0. The van der Waals surface area contributed by atoms with Crippen molar-refractivity contribution in [1.29, 1.82) is 5.53 Å². The van der Waals surface area contributed by atoms with Gasteiger partial charge in [0.05, 0.1) is 6.54 Å². The number of ether oxygens (including phenoxy) is 2. The van der Waals surface area contributed by atoms with Gasteiger partial charge in [0.2, 0.25) is 0 Å². The molecule has 1 N–H and O–H groups in total. The Morgan fingerprint density at radius 3 is 2.53 bits per heavy atom. The average Bonchev–Trinajstić information content (AvgIpc) is 2.08. The van der Waals surface area contributed by atoms with Crippen LogP contribution in [-0.2, 0) is 14.3 Å². The first-order valence-electron chi connectivity index (χ1n) is 5.08. The third-order valence-electron chi connectivity index (χ3n) is 1.45. The van der Waals surface area contributed by atoms with Crippen molar-refractivity contribution in [2.75, 3.05) is 19.8 Å². The highest BCUT2D eigenvalue weighted by Gasteiger charge is 2.15. The van der Waals surface area contributed by atoms with Gasteiger partial charge in [-0.05, 0) is 33.6 Å². The van der Waals surface area contributed by atoms with E-state index in [0.29, 0.717) is 13.2 Å². The Bertz CT molecular complexity index is 199. The number of carbonyl (C=O) groups excluding carboxylic acids is 1. The van der Waals surface area contributed by atoms with Gasteiger partial charge in [-0.25, -0.2) is 10.3 Å². The molecule has 15 heavy (non-hydrogen) atoms. The summed E-state index contributed by atoms with van der Waals surface area (Å²) in [4.78, 5) is 11.2. The summed E-state index contributed by atoms with van der Waals surface area (Å²) in [6, 6.07) is 0. The van der Waals surface area contributed by atoms with Gasteiger partial charge in [0.25, 0.3) is 0 Å². The Morgan fingerprint density at radius 1 is 1.33 bits per heavy atom. The molecule has 0 bridgehead atoms. The Kier molecular flexibility index (Phi) is 6.86. The maximum absolute atomic E-state index is 11.2. The molecule has 0 heterocycles. The van der Waals surface area contributed by atoms with Crippen LogP contribution < -0.4 is 0 Å². The Balaban J connectivity index is 3.36. The second-order valence-electron chi connectivity index (χ2n) is 4.23. The number of hydrogen-bond donors (Lipinski definition) is 1. The molecule has 0 atom stereocenters. The van der Waals surface area contributed by atoms with Gasteiger partial charge in [0.15, 0.2) is 0 Å². The lowest BCUT2D eigenvalue weighted by molar-refractivity contribution is -0.160. The van der Waals surface area contributed by atoms with Crippen molar-refractivity contribution < 1.29 is 14.3 Å². The van der Waals surface area contributed by atoms with Crippen molar-refractivity contribution in [2.45, 2.75) is 39.2 Å². The van der Waals surface area contributed by atoms with E-state index in [2.05, 4.69) is 5.11 Å². The lowest BCUT2D eigenvalue weighted by Gasteiger charge is -2.19. The van der Waals surface area contributed by atoms with Crippen molar-refractivity contribution >= 4 is 5.97 Å². The van der Waals surface area contributed by atoms with E-state index >= 15 is 0 Å². The fraction of sp³-hybridized carbons (Fsp3) is 0.900. The van der Waals surface area contributed by atoms with E-state index < -0.39 is 5.60 Å². The quantitative estimate of drug-likeness (QED) is 0.402. The number of esters is 1. The summed E-state index contributed by atoms with van der Waals surface area (Å²) < 4.78 is 10.2. The normalized spacial score (nSPS) is 11.1. The lowest BCUT2D eigenvalue weighted by Crippen LogP contribution is -2.26. The molecular formula is C10H20N2O3. The highest BCUT2D eigenvalue weighted by Crippen LogP contribution is 2.06. The SMILES string of the molecule is CC(C)(C)OC(=O)COCCCCN=N. The maximum atomic E-state index is 11.2. The van der Waals surface area contributed by atoms with Crippen molar-refractivity contribution in [3.8, 4) is 0 Å². The molecule has 0 saturated heterocycles. The van der Waals surface area contributed by atoms with Crippen LogP contribution in [0.15, 0.2) is 5.11 Å². The Hall–Kier alpha value is -0.970. The Morgan fingerprint density at radius 2 is 2.00 bits per heavy atom. The number of nitrogens with one attached hydrogen (secondary N) is 1. The van der Waals surface area contributed by atoms with E-state index in [0.717, 1.165) is 12.8 Å². The molecule has 5 heteroatoms. The molecule has 0 aromatic heterocycles. The summed E-state index contributed by atoms with van der Waals surface area (Å²) >= 11 is 0. The number of hydrogen-bond acceptors (Lipinski definition) is 5. The molecule has 0 aliphatic heterocycles. The molecule has 0 aliphatic rings. The van der Waals surface area contributed by atoms with E-state index in [1.54, 1.807) is 0 Å². The third-order valence-corrected chi connectivity index (χ3v) is 1.45. The van der Waals surface area contributed by atoms with E-state index in [9.17, 15) is 4.79 Å². The fourth-order valence-electron chi connectivity index (χ4n) is 0.921.